The second-order valence-electron chi connectivity index (χ2n) is 7.87. The molecule has 0 spiro atoms. The summed E-state index contributed by atoms with van der Waals surface area (Å²) >= 11 is 0. The average Bonchev–Trinajstić information content (AvgIpc) is 2.77. The molecule has 1 amide bonds. The van der Waals surface area contributed by atoms with Gasteiger partial charge < -0.3 is 21.5 Å². The third-order valence-corrected chi connectivity index (χ3v) is 6.31. The molecule has 0 aliphatic rings. The first-order valence-electron chi connectivity index (χ1n) is 10.7. The van der Waals surface area contributed by atoms with Crippen LogP contribution >= 0.6 is 0 Å². The molecule has 0 heterocycles. The van der Waals surface area contributed by atoms with E-state index in [2.05, 4.69) is 15.4 Å². The molecule has 36 heavy (non-hydrogen) atoms. The number of amides is 1. The first kappa shape index (κ1) is 28.6. The van der Waals surface area contributed by atoms with E-state index in [1.165, 1.54) is 24.3 Å². The van der Waals surface area contributed by atoms with Gasteiger partial charge in [0, 0.05) is 16.9 Å². The minimum atomic E-state index is -4.75. The van der Waals surface area contributed by atoms with Crippen LogP contribution in [0, 0.1) is 5.41 Å². The molecule has 0 fully saturated rings. The fourth-order valence-corrected chi connectivity index (χ4v) is 4.51. The Kier molecular flexibility index (Phi) is 9.42. The van der Waals surface area contributed by atoms with Gasteiger partial charge in [0.1, 0.15) is 6.04 Å². The molecule has 0 aromatic heterocycles. The van der Waals surface area contributed by atoms with E-state index in [1.807, 2.05) is 0 Å². The quantitative estimate of drug-likeness (QED) is 0.192. The number of aliphatic carboxylic acids is 1. The van der Waals surface area contributed by atoms with Crippen molar-refractivity contribution >= 4 is 39.2 Å². The summed E-state index contributed by atoms with van der Waals surface area (Å²) in [7, 11) is -3.78. The van der Waals surface area contributed by atoms with Crippen molar-refractivity contribution in [1.82, 2.24) is 4.72 Å². The average molecular weight is 530 g/mol. The number of sulfonamides is 1. The second-order valence-corrected chi connectivity index (χ2v) is 9.75. The smallest absolute Gasteiger partial charge is 0.416 e. The van der Waals surface area contributed by atoms with Crippen molar-refractivity contribution in [2.24, 2.45) is 5.73 Å². The summed E-state index contributed by atoms with van der Waals surface area (Å²) < 4.78 is 65.9. The van der Waals surface area contributed by atoms with Crippen molar-refractivity contribution in [3.8, 4) is 0 Å². The molecule has 1 atom stereocenters. The highest BCUT2D eigenvalue weighted by Gasteiger charge is 2.32. The molecular formula is C22H26F3N5O5S. The van der Waals surface area contributed by atoms with Crippen LogP contribution in [0.15, 0.2) is 42.5 Å². The number of nitrogens with one attached hydrogen (secondary N) is 4. The van der Waals surface area contributed by atoms with Gasteiger partial charge in [0.05, 0.1) is 11.3 Å². The van der Waals surface area contributed by atoms with Crippen molar-refractivity contribution in [1.29, 1.82) is 5.41 Å². The van der Waals surface area contributed by atoms with E-state index in [1.54, 1.807) is 6.92 Å². The zero-order chi connectivity index (χ0) is 27.1. The number of halogens is 3. The van der Waals surface area contributed by atoms with Crippen molar-refractivity contribution in [3.63, 3.8) is 0 Å². The number of carbonyl (C=O) groups is 2. The molecule has 0 bridgehead atoms. The lowest BCUT2D eigenvalue weighted by atomic mass is 10.1. The van der Waals surface area contributed by atoms with Crippen LogP contribution in [0.4, 0.5) is 24.5 Å². The van der Waals surface area contributed by atoms with Gasteiger partial charge >= 0.3 is 12.1 Å². The molecule has 2 rings (SSSR count). The number of anilines is 2. The SMILES string of the molecule is CCCCS(=O)(=O)N[C@@H](Cc1ccc(NC(=O)c2cc(NC(=N)N)cc(C(F)(F)F)c2)cc1)C(=O)O. The van der Waals surface area contributed by atoms with E-state index in [4.69, 9.17) is 11.1 Å². The third-order valence-electron chi connectivity index (χ3n) is 4.84. The van der Waals surface area contributed by atoms with E-state index in [9.17, 15) is 36.3 Å². The van der Waals surface area contributed by atoms with Crippen LogP contribution in [0.25, 0.3) is 0 Å². The molecule has 0 unspecified atom stereocenters. The number of carboxylic acid groups (broad SMARTS) is 1. The van der Waals surface area contributed by atoms with E-state index in [-0.39, 0.29) is 29.1 Å². The monoisotopic (exact) mass is 529 g/mol. The highest BCUT2D eigenvalue weighted by atomic mass is 32.2. The third kappa shape index (κ3) is 8.85. The molecule has 2 aromatic carbocycles. The van der Waals surface area contributed by atoms with Crippen molar-refractivity contribution in [3.05, 3.63) is 59.2 Å². The first-order chi connectivity index (χ1) is 16.7. The van der Waals surface area contributed by atoms with Gasteiger partial charge in [0.15, 0.2) is 5.96 Å². The molecule has 7 N–H and O–H groups in total. The molecule has 14 heteroatoms. The minimum absolute atomic E-state index is 0.164. The van der Waals surface area contributed by atoms with Crippen LogP contribution in [0.1, 0.15) is 41.3 Å². The molecule has 0 aliphatic carbocycles. The zero-order valence-corrected chi connectivity index (χ0v) is 20.0. The van der Waals surface area contributed by atoms with Gasteiger partial charge in [0.25, 0.3) is 5.91 Å². The highest BCUT2D eigenvalue weighted by Crippen LogP contribution is 2.32. The van der Waals surface area contributed by atoms with E-state index < -0.39 is 45.6 Å². The lowest BCUT2D eigenvalue weighted by Gasteiger charge is -2.15. The summed E-state index contributed by atoms with van der Waals surface area (Å²) in [6, 6.07) is 6.79. The van der Waals surface area contributed by atoms with E-state index in [0.29, 0.717) is 30.5 Å². The lowest BCUT2D eigenvalue weighted by Crippen LogP contribution is -2.43. The summed E-state index contributed by atoms with van der Waals surface area (Å²) in [5.41, 5.74) is 4.17. The summed E-state index contributed by atoms with van der Waals surface area (Å²) in [6.07, 6.45) is -3.90. The number of carboxylic acids is 1. The maximum Gasteiger partial charge on any atom is 0.416 e. The van der Waals surface area contributed by atoms with Crippen LogP contribution in [0.2, 0.25) is 0 Å². The van der Waals surface area contributed by atoms with Gasteiger partial charge in [-0.25, -0.2) is 13.1 Å². The number of benzene rings is 2. The summed E-state index contributed by atoms with van der Waals surface area (Å²) in [5, 5.41) is 21.2. The maximum atomic E-state index is 13.2. The highest BCUT2D eigenvalue weighted by molar-refractivity contribution is 7.89. The molecule has 196 valence electrons. The number of alkyl halides is 3. The normalized spacial score (nSPS) is 12.6. The topological polar surface area (TPSA) is 174 Å². The van der Waals surface area contributed by atoms with Crippen molar-refractivity contribution < 1.29 is 36.3 Å². The maximum absolute atomic E-state index is 13.2. The number of rotatable bonds is 11. The van der Waals surface area contributed by atoms with Gasteiger partial charge in [-0.15, -0.1) is 0 Å². The van der Waals surface area contributed by atoms with Crippen LogP contribution < -0.4 is 21.1 Å². The Morgan fingerprint density at radius 1 is 1.08 bits per heavy atom. The first-order valence-corrected chi connectivity index (χ1v) is 12.3. The Morgan fingerprint density at radius 3 is 2.25 bits per heavy atom. The van der Waals surface area contributed by atoms with E-state index >= 15 is 0 Å². The lowest BCUT2D eigenvalue weighted by molar-refractivity contribution is -0.139. The standard InChI is InChI=1S/C22H26F3N5O5S/c1-2-3-8-36(34,35)30-18(20(32)33)9-13-4-6-16(7-5-13)28-19(31)14-10-15(22(23,24)25)12-17(11-14)29-21(26)27/h4-7,10-12,18,30H,2-3,8-9H2,1H3,(H,28,31)(H,32,33)(H4,26,27,29)/t18-/m0/s1. The Bertz CT molecular complexity index is 1220. The number of unbranched alkanes of at least 4 members (excludes halogenated alkanes) is 1. The van der Waals surface area contributed by atoms with E-state index in [0.717, 1.165) is 6.07 Å². The molecule has 0 saturated heterocycles. The molecule has 0 radical (unpaired) electrons. The molecule has 2 aromatic rings. The number of nitrogens with two attached hydrogens (primary N) is 1. The van der Waals surface area contributed by atoms with Crippen molar-refractivity contribution in [2.75, 3.05) is 16.4 Å². The summed E-state index contributed by atoms with van der Waals surface area (Å²) in [6.45, 7) is 1.81. The largest absolute Gasteiger partial charge is 0.480 e. The molecular weight excluding hydrogens is 503 g/mol. The Hall–Kier alpha value is -3.65. The van der Waals surface area contributed by atoms with Gasteiger partial charge in [-0.3, -0.25) is 15.0 Å². The molecule has 10 nitrogen and oxygen atoms in total. The number of carbonyl (C=O) groups excluding carboxylic acids is 1. The van der Waals surface area contributed by atoms with Crippen LogP contribution in [-0.2, 0) is 27.4 Å². The van der Waals surface area contributed by atoms with Crippen LogP contribution in [0.5, 0.6) is 0 Å². The number of hydrogen-bond acceptors (Lipinski definition) is 5. The van der Waals surface area contributed by atoms with Crippen molar-refractivity contribution in [2.45, 2.75) is 38.4 Å². The predicted octanol–water partition coefficient (Wildman–Crippen LogP) is 2.98. The fraction of sp³-hybridized carbons (Fsp3) is 0.318. The molecule has 0 saturated carbocycles. The van der Waals surface area contributed by atoms with Gasteiger partial charge in [-0.2, -0.15) is 13.2 Å². The fourth-order valence-electron chi connectivity index (χ4n) is 3.10. The number of guanidine groups is 1. The van der Waals surface area contributed by atoms with Gasteiger partial charge in [-0.05, 0) is 48.7 Å². The van der Waals surface area contributed by atoms with Gasteiger partial charge in [0.2, 0.25) is 10.0 Å². The molecule has 0 aliphatic heterocycles. The van der Waals surface area contributed by atoms with Gasteiger partial charge in [-0.1, -0.05) is 25.5 Å². The zero-order valence-electron chi connectivity index (χ0n) is 19.1. The number of hydrogen-bond donors (Lipinski definition) is 6. The Balaban J connectivity index is 2.16. The summed E-state index contributed by atoms with van der Waals surface area (Å²) in [4.78, 5) is 24.1. The summed E-state index contributed by atoms with van der Waals surface area (Å²) in [5.74, 6) is -3.03. The van der Waals surface area contributed by atoms with Crippen LogP contribution in [-0.4, -0.2) is 43.2 Å². The Labute approximate surface area is 205 Å². The second kappa shape index (κ2) is 11.9. The van der Waals surface area contributed by atoms with Crippen LogP contribution in [0.3, 0.4) is 0 Å². The Morgan fingerprint density at radius 2 is 1.72 bits per heavy atom. The minimum Gasteiger partial charge on any atom is -0.480 e. The predicted molar refractivity (Wildman–Crippen MR) is 128 cm³/mol.